The van der Waals surface area contributed by atoms with Crippen LogP contribution in [0, 0.1) is 12.8 Å². The van der Waals surface area contributed by atoms with E-state index in [1.807, 2.05) is 31.2 Å². The summed E-state index contributed by atoms with van der Waals surface area (Å²) in [5.41, 5.74) is 4.44. The van der Waals surface area contributed by atoms with Gasteiger partial charge in [-0.15, -0.1) is 0 Å². The number of aromatic nitrogens is 1. The lowest BCUT2D eigenvalue weighted by Crippen LogP contribution is -2.16. The molecule has 2 N–H and O–H groups in total. The molecule has 23 heavy (non-hydrogen) atoms. The van der Waals surface area contributed by atoms with Crippen molar-refractivity contribution in [2.75, 3.05) is 17.2 Å². The van der Waals surface area contributed by atoms with E-state index in [0.29, 0.717) is 11.6 Å². The summed E-state index contributed by atoms with van der Waals surface area (Å²) in [6.07, 6.45) is 2.58. The standard InChI is InChI=1S/C19H25N3O/c1-5-15-8-6-7-14(4)18(15)22-19(23)17-10-9-16(12-21-17)20-11-13(2)3/h6-10,12-13,20H,5,11H2,1-4H3,(H,22,23). The first-order valence-corrected chi connectivity index (χ1v) is 8.11. The second kappa shape index (κ2) is 7.77. The molecule has 122 valence electrons. The van der Waals surface area contributed by atoms with Crippen LogP contribution in [0.1, 0.15) is 42.4 Å². The van der Waals surface area contributed by atoms with Gasteiger partial charge < -0.3 is 10.6 Å². The highest BCUT2D eigenvalue weighted by atomic mass is 16.1. The number of nitrogens with one attached hydrogen (secondary N) is 2. The molecule has 1 amide bonds. The zero-order chi connectivity index (χ0) is 16.8. The van der Waals surface area contributed by atoms with Gasteiger partial charge in [0.25, 0.3) is 5.91 Å². The van der Waals surface area contributed by atoms with Crippen LogP contribution in [0.5, 0.6) is 0 Å². The Bertz CT molecular complexity index is 663. The van der Waals surface area contributed by atoms with Crippen molar-refractivity contribution in [1.82, 2.24) is 4.98 Å². The highest BCUT2D eigenvalue weighted by molar-refractivity contribution is 6.03. The molecule has 0 unspecified atom stereocenters. The Hall–Kier alpha value is -2.36. The van der Waals surface area contributed by atoms with Crippen LogP contribution in [0.3, 0.4) is 0 Å². The molecular formula is C19H25N3O. The van der Waals surface area contributed by atoms with Gasteiger partial charge >= 0.3 is 0 Å². The number of para-hydroxylation sites is 1. The zero-order valence-corrected chi connectivity index (χ0v) is 14.3. The van der Waals surface area contributed by atoms with E-state index in [2.05, 4.69) is 36.4 Å². The Morgan fingerprint density at radius 2 is 2.00 bits per heavy atom. The number of hydrogen-bond acceptors (Lipinski definition) is 3. The SMILES string of the molecule is CCc1cccc(C)c1NC(=O)c1ccc(NCC(C)C)cn1. The summed E-state index contributed by atoms with van der Waals surface area (Å²) in [7, 11) is 0. The quantitative estimate of drug-likeness (QED) is 0.837. The third-order valence-corrected chi connectivity index (χ3v) is 3.69. The lowest BCUT2D eigenvalue weighted by atomic mass is 10.1. The molecule has 4 heteroatoms. The molecule has 0 atom stereocenters. The van der Waals surface area contributed by atoms with Gasteiger partial charge in [0.1, 0.15) is 5.69 Å². The fourth-order valence-corrected chi connectivity index (χ4v) is 2.33. The maximum absolute atomic E-state index is 12.4. The number of rotatable bonds is 6. The third-order valence-electron chi connectivity index (χ3n) is 3.69. The molecule has 1 heterocycles. The van der Waals surface area contributed by atoms with Crippen LogP contribution in [0.4, 0.5) is 11.4 Å². The number of benzene rings is 1. The normalized spacial score (nSPS) is 10.7. The van der Waals surface area contributed by atoms with Crippen LogP contribution in [0.25, 0.3) is 0 Å². The molecule has 0 fully saturated rings. The van der Waals surface area contributed by atoms with Gasteiger partial charge in [0.15, 0.2) is 0 Å². The summed E-state index contributed by atoms with van der Waals surface area (Å²) in [5.74, 6) is 0.385. The summed E-state index contributed by atoms with van der Waals surface area (Å²) in [6.45, 7) is 9.26. The molecule has 2 aromatic rings. The monoisotopic (exact) mass is 311 g/mol. The van der Waals surface area contributed by atoms with Crippen molar-refractivity contribution in [3.63, 3.8) is 0 Å². The molecule has 0 bridgehead atoms. The largest absolute Gasteiger partial charge is 0.384 e. The first-order valence-electron chi connectivity index (χ1n) is 8.11. The Morgan fingerprint density at radius 1 is 1.22 bits per heavy atom. The first-order chi connectivity index (χ1) is 11.0. The van der Waals surface area contributed by atoms with Crippen molar-refractivity contribution in [2.45, 2.75) is 34.1 Å². The molecule has 0 radical (unpaired) electrons. The topological polar surface area (TPSA) is 54.0 Å². The predicted octanol–water partition coefficient (Wildman–Crippen LogP) is 4.27. The number of anilines is 2. The van der Waals surface area contributed by atoms with Crippen molar-refractivity contribution in [2.24, 2.45) is 5.92 Å². The van der Waals surface area contributed by atoms with Crippen LogP contribution < -0.4 is 10.6 Å². The van der Waals surface area contributed by atoms with Gasteiger partial charge in [0.05, 0.1) is 11.9 Å². The van der Waals surface area contributed by atoms with Gasteiger partial charge in [0.2, 0.25) is 0 Å². The summed E-state index contributed by atoms with van der Waals surface area (Å²) < 4.78 is 0. The Labute approximate surface area is 138 Å². The molecule has 1 aromatic carbocycles. The summed E-state index contributed by atoms with van der Waals surface area (Å²) >= 11 is 0. The minimum atomic E-state index is -0.176. The molecule has 4 nitrogen and oxygen atoms in total. The number of aryl methyl sites for hydroxylation is 2. The molecular weight excluding hydrogens is 286 g/mol. The van der Waals surface area contributed by atoms with E-state index in [0.717, 1.165) is 35.5 Å². The zero-order valence-electron chi connectivity index (χ0n) is 14.3. The average Bonchev–Trinajstić information content (AvgIpc) is 2.55. The van der Waals surface area contributed by atoms with Crippen molar-refractivity contribution >= 4 is 17.3 Å². The van der Waals surface area contributed by atoms with Crippen molar-refractivity contribution in [1.29, 1.82) is 0 Å². The summed E-state index contributed by atoms with van der Waals surface area (Å²) in [4.78, 5) is 16.7. The third kappa shape index (κ3) is 4.55. The smallest absolute Gasteiger partial charge is 0.274 e. The lowest BCUT2D eigenvalue weighted by Gasteiger charge is -2.13. The van der Waals surface area contributed by atoms with Crippen molar-refractivity contribution < 1.29 is 4.79 Å². The van der Waals surface area contributed by atoms with Crippen LogP contribution in [-0.4, -0.2) is 17.4 Å². The highest BCUT2D eigenvalue weighted by Crippen LogP contribution is 2.21. The van der Waals surface area contributed by atoms with E-state index in [1.165, 1.54) is 0 Å². The van der Waals surface area contributed by atoms with Crippen molar-refractivity contribution in [3.05, 3.63) is 53.3 Å². The van der Waals surface area contributed by atoms with E-state index in [4.69, 9.17) is 0 Å². The number of nitrogens with zero attached hydrogens (tertiary/aromatic N) is 1. The van der Waals surface area contributed by atoms with Gasteiger partial charge in [-0.1, -0.05) is 39.0 Å². The Morgan fingerprint density at radius 3 is 2.61 bits per heavy atom. The second-order valence-corrected chi connectivity index (χ2v) is 6.12. The second-order valence-electron chi connectivity index (χ2n) is 6.12. The number of hydrogen-bond donors (Lipinski definition) is 2. The van der Waals surface area contributed by atoms with Crippen LogP contribution in [-0.2, 0) is 6.42 Å². The van der Waals surface area contributed by atoms with Gasteiger partial charge in [-0.25, -0.2) is 4.98 Å². The van der Waals surface area contributed by atoms with Gasteiger partial charge in [-0.3, -0.25) is 4.79 Å². The van der Waals surface area contributed by atoms with Crippen LogP contribution in [0.15, 0.2) is 36.5 Å². The van der Waals surface area contributed by atoms with Crippen LogP contribution in [0.2, 0.25) is 0 Å². The first kappa shape index (κ1) is 17.0. The maximum Gasteiger partial charge on any atom is 0.274 e. The van der Waals surface area contributed by atoms with E-state index in [9.17, 15) is 4.79 Å². The van der Waals surface area contributed by atoms with Crippen LogP contribution >= 0.6 is 0 Å². The number of carbonyl (C=O) groups excluding carboxylic acids is 1. The van der Waals surface area contributed by atoms with E-state index >= 15 is 0 Å². The highest BCUT2D eigenvalue weighted by Gasteiger charge is 2.11. The average molecular weight is 311 g/mol. The summed E-state index contributed by atoms with van der Waals surface area (Å²) in [6, 6.07) is 9.69. The Balaban J connectivity index is 2.09. The minimum absolute atomic E-state index is 0.176. The summed E-state index contributed by atoms with van der Waals surface area (Å²) in [5, 5.41) is 6.29. The van der Waals surface area contributed by atoms with E-state index < -0.39 is 0 Å². The lowest BCUT2D eigenvalue weighted by molar-refractivity contribution is 0.102. The maximum atomic E-state index is 12.4. The molecule has 2 rings (SSSR count). The van der Waals surface area contributed by atoms with Gasteiger partial charge in [-0.05, 0) is 42.5 Å². The number of carbonyl (C=O) groups is 1. The fourth-order valence-electron chi connectivity index (χ4n) is 2.33. The Kier molecular flexibility index (Phi) is 5.74. The van der Waals surface area contributed by atoms with Gasteiger partial charge in [0, 0.05) is 12.2 Å². The van der Waals surface area contributed by atoms with Gasteiger partial charge in [-0.2, -0.15) is 0 Å². The fraction of sp³-hybridized carbons (Fsp3) is 0.368. The molecule has 1 aromatic heterocycles. The minimum Gasteiger partial charge on any atom is -0.384 e. The molecule has 0 saturated heterocycles. The van der Waals surface area contributed by atoms with Crippen molar-refractivity contribution in [3.8, 4) is 0 Å². The predicted molar refractivity (Wildman–Crippen MR) is 96.1 cm³/mol. The van der Waals surface area contributed by atoms with E-state index in [1.54, 1.807) is 12.3 Å². The molecule has 0 saturated carbocycles. The number of amides is 1. The molecule has 0 spiro atoms. The number of pyridine rings is 1. The molecule has 0 aliphatic carbocycles. The molecule has 0 aliphatic rings. The molecule has 0 aliphatic heterocycles. The van der Waals surface area contributed by atoms with E-state index in [-0.39, 0.29) is 5.91 Å².